The van der Waals surface area contributed by atoms with Crippen LogP contribution in [0.2, 0.25) is 0 Å². The second-order valence-corrected chi connectivity index (χ2v) is 10.2. The number of fused-ring (bicyclic) bond motifs is 3. The van der Waals surface area contributed by atoms with Gasteiger partial charge in [-0.15, -0.1) is 9.35 Å². The van der Waals surface area contributed by atoms with Crippen LogP contribution in [-0.2, 0) is 14.4 Å². The van der Waals surface area contributed by atoms with E-state index in [-0.39, 0.29) is 10.8 Å². The molecule has 0 unspecified atom stereocenters. The lowest BCUT2D eigenvalue weighted by atomic mass is 9.91. The number of amides is 2. The minimum absolute atomic E-state index is 0.0738. The zero-order valence-corrected chi connectivity index (χ0v) is 20.6. The largest absolute Gasteiger partial charge is 0.460 e. The number of hydroxylamine groups is 2. The van der Waals surface area contributed by atoms with Crippen LogP contribution in [0.5, 0.6) is 0 Å². The Kier molecular flexibility index (Phi) is 7.59. The summed E-state index contributed by atoms with van der Waals surface area (Å²) in [7, 11) is -8.19. The number of alkyl halides is 17. The molecular weight excluding hydrogens is 689 g/mol. The molecule has 0 bridgehead atoms. The number of rotatable bonds is 9. The van der Waals surface area contributed by atoms with E-state index in [1.807, 2.05) is 0 Å². The van der Waals surface area contributed by atoms with E-state index in [1.54, 1.807) is 0 Å². The molecule has 24 heteroatoms. The lowest BCUT2D eigenvalue weighted by Gasteiger charge is -2.42. The van der Waals surface area contributed by atoms with Gasteiger partial charge >= 0.3 is 57.1 Å². The van der Waals surface area contributed by atoms with Crippen molar-refractivity contribution in [2.75, 3.05) is 0 Å². The maximum Gasteiger partial charge on any atom is 0.460 e. The summed E-state index contributed by atoms with van der Waals surface area (Å²) in [5.74, 6) is -57.0. The Hall–Kier alpha value is -3.44. The van der Waals surface area contributed by atoms with E-state index in [0.717, 1.165) is 12.1 Å². The Morgan fingerprint density at radius 3 is 1.45 bits per heavy atom. The zero-order valence-electron chi connectivity index (χ0n) is 19.8. The Balaban J connectivity index is 2.07. The predicted octanol–water partition coefficient (Wildman–Crippen LogP) is 6.66. The van der Waals surface area contributed by atoms with Crippen LogP contribution in [0, 0.1) is 0 Å². The smallest absolute Gasteiger partial charge is 0.266 e. The number of halogens is 17. The van der Waals surface area contributed by atoms with Crippen LogP contribution < -0.4 is 0 Å². The third kappa shape index (κ3) is 4.22. The quantitative estimate of drug-likeness (QED) is 0.217. The average Bonchev–Trinajstić information content (AvgIpc) is 3.11. The van der Waals surface area contributed by atoms with Crippen molar-refractivity contribution in [2.45, 2.75) is 47.0 Å². The van der Waals surface area contributed by atoms with E-state index in [0.29, 0.717) is 6.07 Å². The molecule has 1 aliphatic heterocycles. The maximum atomic E-state index is 14.3. The van der Waals surface area contributed by atoms with Crippen molar-refractivity contribution in [2.24, 2.45) is 0 Å². The fourth-order valence-electron chi connectivity index (χ4n) is 3.50. The van der Waals surface area contributed by atoms with Crippen LogP contribution in [0.4, 0.5) is 74.6 Å². The number of hydrogen-bond donors (Lipinski definition) is 0. The van der Waals surface area contributed by atoms with Gasteiger partial charge in [0.15, 0.2) is 0 Å². The van der Waals surface area contributed by atoms with Crippen molar-refractivity contribution in [3.63, 3.8) is 0 Å². The predicted molar refractivity (Wildman–Crippen MR) is 105 cm³/mol. The number of nitrogens with zero attached hydrogens (tertiary/aromatic N) is 1. The summed E-state index contributed by atoms with van der Waals surface area (Å²) in [4.78, 5) is 24.9. The summed E-state index contributed by atoms with van der Waals surface area (Å²) in [6.07, 6.45) is -7.97. The van der Waals surface area contributed by atoms with Crippen molar-refractivity contribution in [1.29, 1.82) is 0 Å². The lowest BCUT2D eigenvalue weighted by Crippen LogP contribution is -2.75. The summed E-state index contributed by atoms with van der Waals surface area (Å²) >= 11 is 0. The molecule has 0 saturated heterocycles. The molecule has 246 valence electrons. The second-order valence-electron chi connectivity index (χ2n) is 8.60. The fraction of sp³-hybridized carbons (Fsp3) is 0.400. The van der Waals surface area contributed by atoms with Gasteiger partial charge in [-0.2, -0.15) is 83.1 Å². The van der Waals surface area contributed by atoms with Gasteiger partial charge in [0.1, 0.15) is 0 Å². The molecule has 6 nitrogen and oxygen atoms in total. The topological polar surface area (TPSA) is 80.8 Å². The van der Waals surface area contributed by atoms with Crippen LogP contribution in [-0.4, -0.2) is 72.3 Å². The molecule has 0 radical (unpaired) electrons. The van der Waals surface area contributed by atoms with Gasteiger partial charge in [-0.25, -0.2) is 0 Å². The standard InChI is InChI=1S/C20H6F17NO5S/c21-13(22,15(25,26)17(29,30)19(33,34)35)14(23,24)16(27,28)18(31,32)20(36,37)44(41,42)43-38-11(39)9-6-5-7-3-1-2-4-8(7)10(9)12(38)40/h1-6H. The lowest BCUT2D eigenvalue weighted by molar-refractivity contribution is -0.458. The summed E-state index contributed by atoms with van der Waals surface area (Å²) < 4.78 is 256. The first kappa shape index (κ1) is 35.0. The molecule has 2 aromatic rings. The summed E-state index contributed by atoms with van der Waals surface area (Å²) in [5, 5.41) is -9.57. The van der Waals surface area contributed by atoms with Crippen molar-refractivity contribution in [3.05, 3.63) is 47.5 Å². The van der Waals surface area contributed by atoms with Gasteiger partial charge in [0.05, 0.1) is 11.1 Å². The van der Waals surface area contributed by atoms with Gasteiger partial charge < -0.3 is 0 Å². The molecule has 1 aliphatic rings. The minimum Gasteiger partial charge on any atom is -0.266 e. The zero-order chi connectivity index (χ0) is 34.5. The number of hydrogen-bond acceptors (Lipinski definition) is 5. The number of carbonyl (C=O) groups excluding carboxylic acids is 2. The Bertz CT molecular complexity index is 1630. The van der Waals surface area contributed by atoms with E-state index in [4.69, 9.17) is 0 Å². The van der Waals surface area contributed by atoms with E-state index < -0.39 is 85.1 Å². The number of imide groups is 1. The maximum absolute atomic E-state index is 14.3. The average molecular weight is 695 g/mol. The van der Waals surface area contributed by atoms with Crippen molar-refractivity contribution < 1.29 is 96.9 Å². The van der Waals surface area contributed by atoms with Crippen LogP contribution in [0.1, 0.15) is 20.7 Å². The molecule has 44 heavy (non-hydrogen) atoms. The monoisotopic (exact) mass is 695 g/mol. The molecule has 0 spiro atoms. The third-order valence-corrected chi connectivity index (χ3v) is 7.15. The van der Waals surface area contributed by atoms with Gasteiger partial charge in [-0.05, 0) is 16.8 Å². The van der Waals surface area contributed by atoms with Gasteiger partial charge in [0, 0.05) is 0 Å². The van der Waals surface area contributed by atoms with Crippen molar-refractivity contribution in [1.82, 2.24) is 5.06 Å². The molecule has 0 aliphatic carbocycles. The number of benzene rings is 2. The highest BCUT2D eigenvalue weighted by Gasteiger charge is 2.96. The van der Waals surface area contributed by atoms with Gasteiger partial charge in [0.25, 0.3) is 11.8 Å². The molecule has 0 N–H and O–H groups in total. The van der Waals surface area contributed by atoms with Gasteiger partial charge in [0.2, 0.25) is 0 Å². The molecule has 2 amide bonds. The SMILES string of the molecule is O=C1c2ccc3ccccc3c2C(=O)N1OS(=O)(=O)C(F)(F)C(F)(F)C(F)(F)C(F)(F)C(F)(F)C(F)(F)C(F)(F)C(F)(F)F. The molecule has 2 aromatic carbocycles. The van der Waals surface area contributed by atoms with Gasteiger partial charge in [-0.3, -0.25) is 9.59 Å². The van der Waals surface area contributed by atoms with Crippen LogP contribution in [0.3, 0.4) is 0 Å². The normalized spacial score (nSPS) is 16.6. The molecule has 0 atom stereocenters. The number of carbonyl (C=O) groups is 2. The van der Waals surface area contributed by atoms with E-state index in [2.05, 4.69) is 4.28 Å². The molecule has 0 saturated carbocycles. The highest BCUT2D eigenvalue weighted by Crippen LogP contribution is 2.64. The van der Waals surface area contributed by atoms with Crippen LogP contribution in [0.25, 0.3) is 10.8 Å². The van der Waals surface area contributed by atoms with Crippen molar-refractivity contribution in [3.8, 4) is 0 Å². The molecule has 0 aromatic heterocycles. The first-order valence-electron chi connectivity index (χ1n) is 10.4. The minimum atomic E-state index is -9.05. The Morgan fingerprint density at radius 1 is 0.545 bits per heavy atom. The highest BCUT2D eigenvalue weighted by molar-refractivity contribution is 7.87. The molecular formula is C20H6F17NO5S. The summed E-state index contributed by atoms with van der Waals surface area (Å²) in [6, 6.07) is 6.54. The van der Waals surface area contributed by atoms with E-state index in [1.165, 1.54) is 18.2 Å². The molecule has 0 fully saturated rings. The van der Waals surface area contributed by atoms with Crippen LogP contribution in [0.15, 0.2) is 36.4 Å². The molecule has 1 heterocycles. The van der Waals surface area contributed by atoms with Gasteiger partial charge in [-0.1, -0.05) is 30.3 Å². The Morgan fingerprint density at radius 2 is 0.977 bits per heavy atom. The summed E-state index contributed by atoms with van der Waals surface area (Å²) in [5.41, 5.74) is -1.80. The first-order chi connectivity index (χ1) is 19.4. The third-order valence-electron chi connectivity index (χ3n) is 5.92. The second kappa shape index (κ2) is 9.53. The van der Waals surface area contributed by atoms with Crippen molar-refractivity contribution >= 4 is 32.7 Å². The van der Waals surface area contributed by atoms with E-state index >= 15 is 0 Å². The Labute approximate surface area is 230 Å². The summed E-state index contributed by atoms with van der Waals surface area (Å²) in [6.45, 7) is 0. The highest BCUT2D eigenvalue weighted by atomic mass is 32.2. The first-order valence-corrected chi connectivity index (χ1v) is 11.9. The molecule has 3 rings (SSSR count). The van der Waals surface area contributed by atoms with E-state index in [9.17, 15) is 92.6 Å². The fourth-order valence-corrected chi connectivity index (χ4v) is 4.37. The van der Waals surface area contributed by atoms with Crippen LogP contribution >= 0.6 is 0 Å².